The SMILES string of the molecule is OC(CCc1cccs1)CC1CCCC1. The Kier molecular flexibility index (Phi) is 4.21. The molecule has 0 aromatic carbocycles. The summed E-state index contributed by atoms with van der Waals surface area (Å²) < 4.78 is 0. The van der Waals surface area contributed by atoms with E-state index < -0.39 is 0 Å². The summed E-state index contributed by atoms with van der Waals surface area (Å²) in [6, 6.07) is 4.25. The van der Waals surface area contributed by atoms with Gasteiger partial charge in [0.15, 0.2) is 0 Å². The summed E-state index contributed by atoms with van der Waals surface area (Å²) in [5.41, 5.74) is 0. The monoisotopic (exact) mass is 224 g/mol. The van der Waals surface area contributed by atoms with E-state index in [0.717, 1.165) is 25.2 Å². The number of aliphatic hydroxyl groups is 1. The first-order valence-corrected chi connectivity index (χ1v) is 6.93. The smallest absolute Gasteiger partial charge is 0.0546 e. The Balaban J connectivity index is 1.66. The van der Waals surface area contributed by atoms with Gasteiger partial charge in [-0.15, -0.1) is 11.3 Å². The third kappa shape index (κ3) is 3.62. The van der Waals surface area contributed by atoms with Crippen molar-refractivity contribution in [3.8, 4) is 0 Å². The summed E-state index contributed by atoms with van der Waals surface area (Å²) in [4.78, 5) is 1.40. The maximum absolute atomic E-state index is 9.91. The third-order valence-electron chi connectivity index (χ3n) is 3.38. The van der Waals surface area contributed by atoms with Gasteiger partial charge in [0.25, 0.3) is 0 Å². The summed E-state index contributed by atoms with van der Waals surface area (Å²) in [7, 11) is 0. The van der Waals surface area contributed by atoms with Gasteiger partial charge in [-0.3, -0.25) is 0 Å². The first-order valence-electron chi connectivity index (χ1n) is 6.05. The summed E-state index contributed by atoms with van der Waals surface area (Å²) in [6.45, 7) is 0. The fraction of sp³-hybridized carbons (Fsp3) is 0.692. The van der Waals surface area contributed by atoms with Crippen LogP contribution in [0.3, 0.4) is 0 Å². The molecule has 1 N–H and O–H groups in total. The van der Waals surface area contributed by atoms with E-state index in [1.54, 1.807) is 11.3 Å². The van der Waals surface area contributed by atoms with E-state index in [1.165, 1.54) is 30.6 Å². The molecule has 2 heteroatoms. The Bertz CT molecular complexity index is 262. The Morgan fingerprint density at radius 1 is 1.40 bits per heavy atom. The summed E-state index contributed by atoms with van der Waals surface area (Å²) in [5.74, 6) is 0.809. The molecule has 1 aliphatic rings. The van der Waals surface area contributed by atoms with Gasteiger partial charge in [0, 0.05) is 4.88 Å². The van der Waals surface area contributed by atoms with Crippen LogP contribution in [0.15, 0.2) is 17.5 Å². The molecule has 1 fully saturated rings. The Hall–Kier alpha value is -0.340. The van der Waals surface area contributed by atoms with Crippen molar-refractivity contribution >= 4 is 11.3 Å². The highest BCUT2D eigenvalue weighted by Crippen LogP contribution is 2.29. The number of hydrogen-bond donors (Lipinski definition) is 1. The molecule has 1 aromatic rings. The highest BCUT2D eigenvalue weighted by Gasteiger charge is 2.18. The van der Waals surface area contributed by atoms with E-state index in [2.05, 4.69) is 17.5 Å². The minimum absolute atomic E-state index is 0.0739. The van der Waals surface area contributed by atoms with E-state index in [4.69, 9.17) is 0 Å². The molecular weight excluding hydrogens is 204 g/mol. The van der Waals surface area contributed by atoms with Crippen LogP contribution in [0.4, 0.5) is 0 Å². The first kappa shape index (κ1) is 11.2. The molecule has 84 valence electrons. The predicted molar refractivity (Wildman–Crippen MR) is 65.2 cm³/mol. The Labute approximate surface area is 96.1 Å². The Morgan fingerprint density at radius 2 is 2.20 bits per heavy atom. The molecule has 15 heavy (non-hydrogen) atoms. The van der Waals surface area contributed by atoms with Crippen molar-refractivity contribution in [3.63, 3.8) is 0 Å². The van der Waals surface area contributed by atoms with Gasteiger partial charge in [-0.2, -0.15) is 0 Å². The molecule has 0 spiro atoms. The second kappa shape index (κ2) is 5.66. The molecule has 2 rings (SSSR count). The van der Waals surface area contributed by atoms with Gasteiger partial charge in [-0.25, -0.2) is 0 Å². The largest absolute Gasteiger partial charge is 0.393 e. The average molecular weight is 224 g/mol. The van der Waals surface area contributed by atoms with Crippen molar-refractivity contribution in [1.82, 2.24) is 0 Å². The van der Waals surface area contributed by atoms with Crippen molar-refractivity contribution in [2.45, 2.75) is 51.0 Å². The third-order valence-corrected chi connectivity index (χ3v) is 4.32. The van der Waals surface area contributed by atoms with Crippen molar-refractivity contribution in [2.75, 3.05) is 0 Å². The average Bonchev–Trinajstić information content (AvgIpc) is 2.86. The molecule has 0 aliphatic heterocycles. The first-order chi connectivity index (χ1) is 7.34. The zero-order chi connectivity index (χ0) is 10.5. The van der Waals surface area contributed by atoms with Crippen molar-refractivity contribution in [1.29, 1.82) is 0 Å². The van der Waals surface area contributed by atoms with Crippen LogP contribution in [0, 0.1) is 5.92 Å². The molecule has 1 saturated carbocycles. The quantitative estimate of drug-likeness (QED) is 0.810. The van der Waals surface area contributed by atoms with Crippen molar-refractivity contribution in [3.05, 3.63) is 22.4 Å². The number of hydrogen-bond acceptors (Lipinski definition) is 2. The van der Waals surface area contributed by atoms with E-state index in [-0.39, 0.29) is 6.10 Å². The second-order valence-corrected chi connectivity index (χ2v) is 5.69. The van der Waals surface area contributed by atoms with E-state index in [1.807, 2.05) is 0 Å². The fourth-order valence-corrected chi connectivity index (χ4v) is 3.24. The molecule has 0 bridgehead atoms. The summed E-state index contributed by atoms with van der Waals surface area (Å²) in [6.07, 6.45) is 8.39. The predicted octanol–water partition coefficient (Wildman–Crippen LogP) is 3.62. The lowest BCUT2D eigenvalue weighted by molar-refractivity contribution is 0.134. The van der Waals surface area contributed by atoms with E-state index in [0.29, 0.717) is 0 Å². The highest BCUT2D eigenvalue weighted by molar-refractivity contribution is 7.09. The van der Waals surface area contributed by atoms with Gasteiger partial charge >= 0.3 is 0 Å². The summed E-state index contributed by atoms with van der Waals surface area (Å²) in [5, 5.41) is 12.0. The number of thiophene rings is 1. The molecule has 1 aromatic heterocycles. The van der Waals surface area contributed by atoms with Crippen LogP contribution >= 0.6 is 11.3 Å². The lowest BCUT2D eigenvalue weighted by Gasteiger charge is -2.14. The zero-order valence-electron chi connectivity index (χ0n) is 9.19. The van der Waals surface area contributed by atoms with E-state index >= 15 is 0 Å². The lowest BCUT2D eigenvalue weighted by Crippen LogP contribution is -2.12. The van der Waals surface area contributed by atoms with Crippen LogP contribution in [0.5, 0.6) is 0 Å². The maximum Gasteiger partial charge on any atom is 0.0546 e. The van der Waals surface area contributed by atoms with Crippen LogP contribution in [-0.2, 0) is 6.42 Å². The molecule has 1 heterocycles. The molecule has 1 unspecified atom stereocenters. The second-order valence-electron chi connectivity index (χ2n) is 4.66. The molecule has 0 amide bonds. The molecular formula is C13H20OS. The number of rotatable bonds is 5. The van der Waals surface area contributed by atoms with Gasteiger partial charge in [0.1, 0.15) is 0 Å². The van der Waals surface area contributed by atoms with Crippen LogP contribution in [0.25, 0.3) is 0 Å². The van der Waals surface area contributed by atoms with Crippen LogP contribution in [0.1, 0.15) is 43.4 Å². The molecule has 1 aliphatic carbocycles. The maximum atomic E-state index is 9.91. The number of aliphatic hydroxyl groups excluding tert-OH is 1. The Morgan fingerprint density at radius 3 is 2.87 bits per heavy atom. The summed E-state index contributed by atoms with van der Waals surface area (Å²) >= 11 is 1.80. The lowest BCUT2D eigenvalue weighted by atomic mass is 9.97. The van der Waals surface area contributed by atoms with E-state index in [9.17, 15) is 5.11 Å². The molecule has 1 atom stereocenters. The zero-order valence-corrected chi connectivity index (χ0v) is 10.0. The van der Waals surface area contributed by atoms with Crippen molar-refractivity contribution in [2.24, 2.45) is 5.92 Å². The van der Waals surface area contributed by atoms with Gasteiger partial charge in [-0.05, 0) is 36.6 Å². The molecule has 0 radical (unpaired) electrons. The van der Waals surface area contributed by atoms with Gasteiger partial charge in [0.05, 0.1) is 6.10 Å². The van der Waals surface area contributed by atoms with Gasteiger partial charge in [-0.1, -0.05) is 31.7 Å². The van der Waals surface area contributed by atoms with Gasteiger partial charge < -0.3 is 5.11 Å². The topological polar surface area (TPSA) is 20.2 Å². The van der Waals surface area contributed by atoms with Crippen LogP contribution < -0.4 is 0 Å². The van der Waals surface area contributed by atoms with Crippen molar-refractivity contribution < 1.29 is 5.11 Å². The fourth-order valence-electron chi connectivity index (χ4n) is 2.51. The number of aryl methyl sites for hydroxylation is 1. The van der Waals surface area contributed by atoms with Crippen LogP contribution in [0.2, 0.25) is 0 Å². The molecule has 0 saturated heterocycles. The highest BCUT2D eigenvalue weighted by atomic mass is 32.1. The van der Waals surface area contributed by atoms with Crippen LogP contribution in [-0.4, -0.2) is 11.2 Å². The molecule has 1 nitrogen and oxygen atoms in total. The van der Waals surface area contributed by atoms with Gasteiger partial charge in [0.2, 0.25) is 0 Å². The normalized spacial score (nSPS) is 19.5. The minimum Gasteiger partial charge on any atom is -0.393 e. The minimum atomic E-state index is -0.0739. The standard InChI is InChI=1S/C13H20OS/c14-12(10-11-4-1-2-5-11)7-8-13-6-3-9-15-13/h3,6,9,11-12,14H,1-2,4-5,7-8,10H2.